The Labute approximate surface area is 162 Å². The lowest BCUT2D eigenvalue weighted by atomic mass is 10.00. The summed E-state index contributed by atoms with van der Waals surface area (Å²) in [5.74, 6) is 0.284. The molecule has 1 aromatic heterocycles. The van der Waals surface area contributed by atoms with E-state index in [0.717, 1.165) is 12.8 Å². The zero-order valence-electron chi connectivity index (χ0n) is 15.4. The molecule has 1 aromatic carbocycles. The fourth-order valence-electron chi connectivity index (χ4n) is 3.06. The zero-order valence-corrected chi connectivity index (χ0v) is 16.2. The highest BCUT2D eigenvalue weighted by atomic mass is 32.1. The second kappa shape index (κ2) is 9.41. The largest absolute Gasteiger partial charge is 0.493 e. The van der Waals surface area contributed by atoms with E-state index in [1.165, 1.54) is 54.6 Å². The molecule has 3 rings (SSSR count). The van der Waals surface area contributed by atoms with Gasteiger partial charge in [0.2, 0.25) is 0 Å². The molecule has 144 valence electrons. The predicted octanol–water partition coefficient (Wildman–Crippen LogP) is 3.26. The molecular weight excluding hydrogens is 364 g/mol. The number of amides is 2. The van der Waals surface area contributed by atoms with Crippen LogP contribution in [-0.4, -0.2) is 25.5 Å². The first kappa shape index (κ1) is 19.2. The lowest BCUT2D eigenvalue weighted by molar-refractivity contribution is -0.123. The maximum atomic E-state index is 12.3. The van der Waals surface area contributed by atoms with Crippen molar-refractivity contribution < 1.29 is 19.1 Å². The molecule has 0 aliphatic heterocycles. The normalized spacial score (nSPS) is 13.7. The summed E-state index contributed by atoms with van der Waals surface area (Å²) in [4.78, 5) is 26.2. The van der Waals surface area contributed by atoms with E-state index in [-0.39, 0.29) is 12.5 Å². The van der Waals surface area contributed by atoms with Gasteiger partial charge in [-0.15, -0.1) is 11.3 Å². The minimum atomic E-state index is -0.441. The van der Waals surface area contributed by atoms with E-state index in [4.69, 9.17) is 9.47 Å². The van der Waals surface area contributed by atoms with Crippen molar-refractivity contribution in [2.24, 2.45) is 0 Å². The van der Waals surface area contributed by atoms with Gasteiger partial charge >= 0.3 is 0 Å². The van der Waals surface area contributed by atoms with Crippen molar-refractivity contribution in [2.75, 3.05) is 13.7 Å². The Balaban J connectivity index is 1.50. The number of hydrogen-bond acceptors (Lipinski definition) is 5. The van der Waals surface area contributed by atoms with Gasteiger partial charge in [0.25, 0.3) is 11.8 Å². The molecule has 2 amide bonds. The van der Waals surface area contributed by atoms with Gasteiger partial charge in [-0.2, -0.15) is 0 Å². The summed E-state index contributed by atoms with van der Waals surface area (Å²) in [5.41, 5.74) is 6.13. The number of nitrogens with one attached hydrogen (secondary N) is 2. The van der Waals surface area contributed by atoms with Gasteiger partial charge in [0.1, 0.15) is 0 Å². The fraction of sp³-hybridized carbons (Fsp3) is 0.400. The van der Waals surface area contributed by atoms with E-state index in [0.29, 0.717) is 16.4 Å². The molecular formula is C20H24N2O4S. The summed E-state index contributed by atoms with van der Waals surface area (Å²) < 4.78 is 10.6. The molecule has 1 aliphatic carbocycles. The summed E-state index contributed by atoms with van der Waals surface area (Å²) in [6.07, 6.45) is 6.90. The molecule has 0 unspecified atom stereocenters. The monoisotopic (exact) mass is 388 g/mol. The Bertz CT molecular complexity index is 778. The summed E-state index contributed by atoms with van der Waals surface area (Å²) in [7, 11) is 1.53. The van der Waals surface area contributed by atoms with Gasteiger partial charge in [0, 0.05) is 4.88 Å². The molecule has 27 heavy (non-hydrogen) atoms. The number of hydrogen-bond donors (Lipinski definition) is 2. The van der Waals surface area contributed by atoms with E-state index in [9.17, 15) is 9.59 Å². The molecule has 1 heterocycles. The van der Waals surface area contributed by atoms with Gasteiger partial charge in [0.05, 0.1) is 12.0 Å². The van der Waals surface area contributed by atoms with Gasteiger partial charge in [-0.3, -0.25) is 20.4 Å². The molecule has 7 heteroatoms. The van der Waals surface area contributed by atoms with Gasteiger partial charge in [-0.1, -0.05) is 25.0 Å². The molecule has 0 saturated carbocycles. The third-order valence-corrected chi connectivity index (χ3v) is 5.70. The fourth-order valence-corrected chi connectivity index (χ4v) is 4.21. The number of rotatable bonds is 5. The molecule has 2 aromatic rings. The van der Waals surface area contributed by atoms with Gasteiger partial charge in [0.15, 0.2) is 18.1 Å². The molecule has 0 atom stereocenters. The number of fused-ring (bicyclic) bond motifs is 1. The van der Waals surface area contributed by atoms with Crippen molar-refractivity contribution in [1.29, 1.82) is 0 Å². The summed E-state index contributed by atoms with van der Waals surface area (Å²) in [5, 5.41) is 0. The highest BCUT2D eigenvalue weighted by molar-refractivity contribution is 7.14. The van der Waals surface area contributed by atoms with Crippen LogP contribution in [0, 0.1) is 0 Å². The van der Waals surface area contributed by atoms with Crippen molar-refractivity contribution in [2.45, 2.75) is 38.5 Å². The smallest absolute Gasteiger partial charge is 0.279 e. The lowest BCUT2D eigenvalue weighted by Crippen LogP contribution is -2.43. The SMILES string of the molecule is COc1ccccc1OCC(=O)NNC(=O)c1cc2c(s1)CCCCCC2. The van der Waals surface area contributed by atoms with Crippen LogP contribution in [0.5, 0.6) is 11.5 Å². The van der Waals surface area contributed by atoms with E-state index in [2.05, 4.69) is 10.9 Å². The number of methoxy groups -OCH3 is 1. The van der Waals surface area contributed by atoms with Crippen molar-refractivity contribution in [3.05, 3.63) is 45.6 Å². The first-order valence-electron chi connectivity index (χ1n) is 9.14. The topological polar surface area (TPSA) is 76.7 Å². The Morgan fingerprint density at radius 3 is 2.56 bits per heavy atom. The van der Waals surface area contributed by atoms with Crippen LogP contribution in [0.2, 0.25) is 0 Å². The molecule has 0 radical (unpaired) electrons. The van der Waals surface area contributed by atoms with Crippen molar-refractivity contribution in [3.63, 3.8) is 0 Å². The number of thiophene rings is 1. The van der Waals surface area contributed by atoms with Crippen LogP contribution in [0.15, 0.2) is 30.3 Å². The first-order valence-corrected chi connectivity index (χ1v) is 9.95. The highest BCUT2D eigenvalue weighted by Crippen LogP contribution is 2.28. The van der Waals surface area contributed by atoms with Crippen molar-refractivity contribution in [3.8, 4) is 11.5 Å². The number of hydrazine groups is 1. The van der Waals surface area contributed by atoms with E-state index in [1.807, 2.05) is 12.1 Å². The van der Waals surface area contributed by atoms with E-state index in [1.54, 1.807) is 18.2 Å². The lowest BCUT2D eigenvalue weighted by Gasteiger charge is -2.10. The second-order valence-corrected chi connectivity index (χ2v) is 7.55. The van der Waals surface area contributed by atoms with Crippen LogP contribution in [0.3, 0.4) is 0 Å². The van der Waals surface area contributed by atoms with Gasteiger partial charge in [-0.25, -0.2) is 0 Å². The molecule has 0 saturated heterocycles. The second-order valence-electron chi connectivity index (χ2n) is 6.42. The number of aryl methyl sites for hydroxylation is 2. The molecule has 2 N–H and O–H groups in total. The number of para-hydroxylation sites is 2. The highest BCUT2D eigenvalue weighted by Gasteiger charge is 2.16. The van der Waals surface area contributed by atoms with Crippen LogP contribution in [-0.2, 0) is 17.6 Å². The maximum Gasteiger partial charge on any atom is 0.279 e. The maximum absolute atomic E-state index is 12.3. The number of carbonyl (C=O) groups is 2. The number of benzene rings is 1. The van der Waals surface area contributed by atoms with Gasteiger partial charge < -0.3 is 9.47 Å². The molecule has 0 spiro atoms. The van der Waals surface area contributed by atoms with Crippen molar-refractivity contribution >= 4 is 23.2 Å². The Kier molecular flexibility index (Phi) is 6.70. The average molecular weight is 388 g/mol. The van der Waals surface area contributed by atoms with Gasteiger partial charge in [-0.05, 0) is 49.4 Å². The third-order valence-electron chi connectivity index (χ3n) is 4.46. The van der Waals surface area contributed by atoms with Crippen LogP contribution in [0.4, 0.5) is 0 Å². The standard InChI is InChI=1S/C20H24N2O4S/c1-25-15-9-6-7-10-16(15)26-13-19(23)21-22-20(24)18-12-14-8-4-2-3-5-11-17(14)27-18/h6-7,9-10,12H,2-5,8,11,13H2,1H3,(H,21,23)(H,22,24). The summed E-state index contributed by atoms with van der Waals surface area (Å²) >= 11 is 1.52. The van der Waals surface area contributed by atoms with E-state index >= 15 is 0 Å². The Hall–Kier alpha value is -2.54. The minimum Gasteiger partial charge on any atom is -0.493 e. The van der Waals surface area contributed by atoms with Crippen molar-refractivity contribution in [1.82, 2.24) is 10.9 Å². The van der Waals surface area contributed by atoms with Crippen LogP contribution >= 0.6 is 11.3 Å². The number of carbonyl (C=O) groups excluding carboxylic acids is 2. The summed E-state index contributed by atoms with van der Waals surface area (Å²) in [6, 6.07) is 9.03. The summed E-state index contributed by atoms with van der Waals surface area (Å²) in [6.45, 7) is -0.221. The molecule has 0 fully saturated rings. The van der Waals surface area contributed by atoms with Crippen LogP contribution in [0.1, 0.15) is 45.8 Å². The third kappa shape index (κ3) is 5.23. The quantitative estimate of drug-likeness (QED) is 0.771. The van der Waals surface area contributed by atoms with Crippen LogP contribution in [0.25, 0.3) is 0 Å². The van der Waals surface area contributed by atoms with E-state index < -0.39 is 5.91 Å². The Morgan fingerprint density at radius 2 is 1.78 bits per heavy atom. The minimum absolute atomic E-state index is 0.221. The molecule has 0 bridgehead atoms. The zero-order chi connectivity index (χ0) is 19.1. The molecule has 6 nitrogen and oxygen atoms in total. The predicted molar refractivity (Wildman–Crippen MR) is 104 cm³/mol. The van der Waals surface area contributed by atoms with Crippen LogP contribution < -0.4 is 20.3 Å². The molecule has 1 aliphatic rings. The number of ether oxygens (including phenoxy) is 2. The Morgan fingerprint density at radius 1 is 1.04 bits per heavy atom. The average Bonchev–Trinajstić information content (AvgIpc) is 3.06. The first-order chi connectivity index (χ1) is 13.2.